The van der Waals surface area contributed by atoms with E-state index in [4.69, 9.17) is 0 Å². The molecule has 3 heteroatoms. The minimum Gasteiger partial charge on any atom is -0.446 e. The Morgan fingerprint density at radius 3 is 2.86 bits per heavy atom. The highest BCUT2D eigenvalue weighted by atomic mass is 32.2. The Kier molecular flexibility index (Phi) is 1.06. The molecule has 0 spiro atoms. The highest BCUT2D eigenvalue weighted by Gasteiger charge is 1.83. The topological polar surface area (TPSA) is 29.4 Å². The molecule has 38 valence electrons. The highest BCUT2D eigenvalue weighted by Crippen LogP contribution is 2.01. The number of hydrogen-bond donors (Lipinski definition) is 0. The van der Waals surface area contributed by atoms with Gasteiger partial charge >= 0.3 is 0 Å². The van der Waals surface area contributed by atoms with Gasteiger partial charge < -0.3 is 4.99 Å². The van der Waals surface area contributed by atoms with Gasteiger partial charge in [0, 0.05) is 0 Å². The van der Waals surface area contributed by atoms with Crippen LogP contribution in [0.2, 0.25) is 0 Å². The first-order chi connectivity index (χ1) is 3.29. The van der Waals surface area contributed by atoms with Crippen molar-refractivity contribution in [1.82, 2.24) is 0 Å². The second-order valence-electron chi connectivity index (χ2n) is 1.26. The molecule has 0 aromatic rings. The average Bonchev–Trinajstić information content (AvgIpc) is 1.87. The summed E-state index contributed by atoms with van der Waals surface area (Å²) in [7, 11) is -1.03. The number of hydrogen-bond acceptors (Lipinski definition) is 2. The van der Waals surface area contributed by atoms with Crippen LogP contribution in [-0.4, -0.2) is 9.76 Å². The van der Waals surface area contributed by atoms with Gasteiger partial charge in [0.2, 0.25) is 0 Å². The van der Waals surface area contributed by atoms with E-state index in [1.54, 1.807) is 12.3 Å². The molecule has 0 amide bonds. The lowest BCUT2D eigenvalue weighted by atomic mass is 10.6. The summed E-state index contributed by atoms with van der Waals surface area (Å²) in [6.45, 7) is 1.79. The van der Waals surface area contributed by atoms with Gasteiger partial charge in [-0.15, -0.1) is 5.70 Å². The molecule has 1 unspecified atom stereocenters. The third kappa shape index (κ3) is 0.962. The van der Waals surface area contributed by atoms with Crippen LogP contribution in [0, 0.1) is 0 Å². The minimum absolute atomic E-state index is 0.790. The first-order valence-corrected chi connectivity index (χ1v) is 3.06. The van der Waals surface area contributed by atoms with Gasteiger partial charge in [-0.05, 0) is 10.8 Å². The molecule has 0 bridgehead atoms. The summed E-state index contributed by atoms with van der Waals surface area (Å²) in [6.07, 6.45) is 0. The zero-order chi connectivity index (χ0) is 5.28. The summed E-state index contributed by atoms with van der Waals surface area (Å²) < 4.78 is 10.3. The van der Waals surface area contributed by atoms with E-state index in [1.165, 1.54) is 0 Å². The molecule has 0 N–H and O–H groups in total. The van der Waals surface area contributed by atoms with Crippen molar-refractivity contribution >= 4 is 16.3 Å². The molecule has 0 fully saturated rings. The first kappa shape index (κ1) is 4.71. The molecule has 0 aromatic heterocycles. The van der Waals surface area contributed by atoms with Crippen LogP contribution in [0.4, 0.5) is 0 Å². The standard InChI is InChI=1S/C4H4NOS/c1-4-2-7(6)3-5-4/h2H,1H3/q-1. The summed E-state index contributed by atoms with van der Waals surface area (Å²) >= 11 is 0. The maximum absolute atomic E-state index is 10.3. The molecular weight excluding hydrogens is 110 g/mol. The van der Waals surface area contributed by atoms with Crippen molar-refractivity contribution in [3.05, 3.63) is 11.1 Å². The molecule has 1 heterocycles. The monoisotopic (exact) mass is 114 g/mol. The Balaban J connectivity index is 2.88. The predicted molar refractivity (Wildman–Crippen MR) is 29.3 cm³/mol. The van der Waals surface area contributed by atoms with E-state index < -0.39 is 10.8 Å². The highest BCUT2D eigenvalue weighted by molar-refractivity contribution is 8.01. The van der Waals surface area contributed by atoms with E-state index in [0.717, 1.165) is 5.70 Å². The van der Waals surface area contributed by atoms with Crippen LogP contribution in [-0.2, 0) is 10.8 Å². The fraction of sp³-hybridized carbons (Fsp3) is 0.250. The summed E-state index contributed by atoms with van der Waals surface area (Å²) in [5, 5.41) is 1.56. The fourth-order valence-electron chi connectivity index (χ4n) is 0.325. The molecule has 1 rings (SSSR count). The maximum Gasteiger partial charge on any atom is -0.0199 e. The number of allylic oxidation sites excluding steroid dienone is 1. The SMILES string of the molecule is CC1=CS(=O)[C-]=N1. The molecule has 0 aliphatic carbocycles. The van der Waals surface area contributed by atoms with Crippen LogP contribution >= 0.6 is 0 Å². The van der Waals surface area contributed by atoms with E-state index >= 15 is 0 Å². The van der Waals surface area contributed by atoms with Gasteiger partial charge in [-0.1, -0.05) is 17.9 Å². The molecule has 1 atom stereocenters. The van der Waals surface area contributed by atoms with Gasteiger partial charge in [-0.2, -0.15) is 0 Å². The number of nitrogens with zero attached hydrogens (tertiary/aromatic N) is 1. The molecule has 0 aromatic carbocycles. The lowest BCUT2D eigenvalue weighted by Gasteiger charge is -1.85. The zero-order valence-corrected chi connectivity index (χ0v) is 4.66. The second kappa shape index (κ2) is 1.58. The lowest BCUT2D eigenvalue weighted by molar-refractivity contribution is 0.695. The largest absolute Gasteiger partial charge is 0.446 e. The van der Waals surface area contributed by atoms with Gasteiger partial charge in [0.05, 0.1) is 0 Å². The van der Waals surface area contributed by atoms with Crippen molar-refractivity contribution < 1.29 is 4.21 Å². The molecule has 0 saturated carbocycles. The molecule has 2 nitrogen and oxygen atoms in total. The third-order valence-electron chi connectivity index (χ3n) is 0.590. The maximum atomic E-state index is 10.3. The Morgan fingerprint density at radius 1 is 2.00 bits per heavy atom. The van der Waals surface area contributed by atoms with Crippen LogP contribution in [0.3, 0.4) is 0 Å². The number of rotatable bonds is 0. The first-order valence-electron chi connectivity index (χ1n) is 1.84. The van der Waals surface area contributed by atoms with E-state index in [1.807, 2.05) is 0 Å². The summed E-state index contributed by atoms with van der Waals surface area (Å²) in [6, 6.07) is 0. The Bertz CT molecular complexity index is 159. The number of aliphatic imine (C=N–C) groups is 1. The Morgan fingerprint density at radius 2 is 2.71 bits per heavy atom. The minimum atomic E-state index is -1.03. The van der Waals surface area contributed by atoms with E-state index in [9.17, 15) is 4.21 Å². The van der Waals surface area contributed by atoms with Crippen LogP contribution in [0.25, 0.3) is 0 Å². The quantitative estimate of drug-likeness (QED) is 0.422. The van der Waals surface area contributed by atoms with Gasteiger partial charge in [-0.3, -0.25) is 4.21 Å². The molecular formula is C4H4NOS-. The van der Waals surface area contributed by atoms with Gasteiger partial charge in [0.25, 0.3) is 0 Å². The Hall–Kier alpha value is -0.440. The third-order valence-corrected chi connectivity index (χ3v) is 1.42. The fourth-order valence-corrected chi connectivity index (χ4v) is 0.974. The van der Waals surface area contributed by atoms with Crippen LogP contribution in [0.1, 0.15) is 6.92 Å². The van der Waals surface area contributed by atoms with Crippen molar-refractivity contribution in [1.29, 1.82) is 0 Å². The predicted octanol–water partition coefficient (Wildman–Crippen LogP) is 0.515. The summed E-state index contributed by atoms with van der Waals surface area (Å²) in [4.78, 5) is 3.63. The normalized spacial score (nSPS) is 28.1. The molecule has 0 saturated heterocycles. The average molecular weight is 114 g/mol. The van der Waals surface area contributed by atoms with E-state index in [-0.39, 0.29) is 0 Å². The van der Waals surface area contributed by atoms with E-state index in [0.29, 0.717) is 0 Å². The zero-order valence-electron chi connectivity index (χ0n) is 3.84. The van der Waals surface area contributed by atoms with Crippen LogP contribution < -0.4 is 0 Å². The van der Waals surface area contributed by atoms with Crippen LogP contribution in [0.5, 0.6) is 0 Å². The van der Waals surface area contributed by atoms with Crippen LogP contribution in [0.15, 0.2) is 16.1 Å². The smallest absolute Gasteiger partial charge is 0.0199 e. The summed E-state index contributed by atoms with van der Waals surface area (Å²) in [5.74, 6) is 0. The molecule has 1 aliphatic heterocycles. The van der Waals surface area contributed by atoms with Gasteiger partial charge in [0.1, 0.15) is 0 Å². The van der Waals surface area contributed by atoms with Crippen molar-refractivity contribution in [2.24, 2.45) is 4.99 Å². The van der Waals surface area contributed by atoms with Crippen molar-refractivity contribution in [3.63, 3.8) is 0 Å². The molecule has 1 aliphatic rings. The van der Waals surface area contributed by atoms with Crippen molar-refractivity contribution in [2.45, 2.75) is 6.92 Å². The molecule has 0 radical (unpaired) electrons. The lowest BCUT2D eigenvalue weighted by Crippen LogP contribution is -1.73. The van der Waals surface area contributed by atoms with Crippen molar-refractivity contribution in [2.75, 3.05) is 0 Å². The van der Waals surface area contributed by atoms with Crippen molar-refractivity contribution in [3.8, 4) is 0 Å². The van der Waals surface area contributed by atoms with Gasteiger partial charge in [-0.25, -0.2) is 0 Å². The summed E-state index contributed by atoms with van der Waals surface area (Å²) in [5.41, 5.74) is 3.16. The van der Waals surface area contributed by atoms with E-state index in [2.05, 4.69) is 10.5 Å². The van der Waals surface area contributed by atoms with Gasteiger partial charge in [0.15, 0.2) is 0 Å². The second-order valence-corrected chi connectivity index (χ2v) is 2.27. The molecule has 7 heavy (non-hydrogen) atoms. The Labute approximate surface area is 44.4 Å².